The molecule has 0 atom stereocenters. The molecule has 3 aromatic rings. The summed E-state index contributed by atoms with van der Waals surface area (Å²) in [4.78, 5) is 29.1. The summed E-state index contributed by atoms with van der Waals surface area (Å²) in [6, 6.07) is 21.4. The average Bonchev–Trinajstić information content (AvgIpc) is 3.25. The SMILES string of the molecule is NC(=O)c1cccc(Oc2ccc(/C=C3\SC(=S)N(c4ccc(OCCCN5CCOCC5)cc4)C3=O)cc2)c1. The van der Waals surface area contributed by atoms with Crippen LogP contribution in [0.2, 0.25) is 0 Å². The van der Waals surface area contributed by atoms with E-state index < -0.39 is 5.91 Å². The van der Waals surface area contributed by atoms with E-state index >= 15 is 0 Å². The fourth-order valence-corrected chi connectivity index (χ4v) is 5.62. The number of benzene rings is 3. The summed E-state index contributed by atoms with van der Waals surface area (Å²) in [6.45, 7) is 5.16. The molecule has 0 aliphatic carbocycles. The lowest BCUT2D eigenvalue weighted by molar-refractivity contribution is -0.113. The van der Waals surface area contributed by atoms with Crippen LogP contribution < -0.4 is 20.1 Å². The molecule has 2 aliphatic rings. The average molecular weight is 576 g/mol. The van der Waals surface area contributed by atoms with Crippen LogP contribution in [0.25, 0.3) is 6.08 Å². The van der Waals surface area contributed by atoms with Gasteiger partial charge in [0.2, 0.25) is 5.91 Å². The molecule has 0 unspecified atom stereocenters. The Morgan fingerprint density at radius 3 is 2.45 bits per heavy atom. The van der Waals surface area contributed by atoms with E-state index in [2.05, 4.69) is 4.90 Å². The standard InChI is InChI=1S/C30H29N3O5S2/c31-28(34)22-3-1-4-26(20-22)38-25-9-5-21(6-10-25)19-27-29(35)33(30(39)40-27)23-7-11-24(12-8-23)37-16-2-13-32-14-17-36-18-15-32/h1,3-12,19-20H,2,13-18H2,(H2,31,34)/b27-19-. The number of amides is 2. The number of nitrogens with zero attached hydrogens (tertiary/aromatic N) is 2. The molecule has 2 amide bonds. The highest BCUT2D eigenvalue weighted by Crippen LogP contribution is 2.36. The van der Waals surface area contributed by atoms with Crippen molar-refractivity contribution in [3.8, 4) is 17.2 Å². The monoisotopic (exact) mass is 575 g/mol. The van der Waals surface area contributed by atoms with Crippen molar-refractivity contribution < 1.29 is 23.8 Å². The second kappa shape index (κ2) is 13.1. The van der Waals surface area contributed by atoms with Crippen LogP contribution in [-0.2, 0) is 9.53 Å². The molecular weight excluding hydrogens is 546 g/mol. The number of carbonyl (C=O) groups is 2. The molecule has 206 valence electrons. The predicted octanol–water partition coefficient (Wildman–Crippen LogP) is 5.08. The number of hydrogen-bond donors (Lipinski definition) is 1. The molecule has 3 aromatic carbocycles. The number of morpholine rings is 1. The maximum atomic E-state index is 13.2. The largest absolute Gasteiger partial charge is 0.494 e. The highest BCUT2D eigenvalue weighted by atomic mass is 32.2. The molecule has 5 rings (SSSR count). The maximum Gasteiger partial charge on any atom is 0.270 e. The first kappa shape index (κ1) is 27.9. The Kier molecular flexibility index (Phi) is 9.12. The van der Waals surface area contributed by atoms with Gasteiger partial charge in [-0.2, -0.15) is 0 Å². The molecule has 0 saturated carbocycles. The second-order valence-electron chi connectivity index (χ2n) is 9.23. The third kappa shape index (κ3) is 7.08. The third-order valence-electron chi connectivity index (χ3n) is 6.41. The molecule has 8 nitrogen and oxygen atoms in total. The first-order valence-corrected chi connectivity index (χ1v) is 14.2. The van der Waals surface area contributed by atoms with E-state index in [1.165, 1.54) is 16.7 Å². The van der Waals surface area contributed by atoms with E-state index in [-0.39, 0.29) is 5.91 Å². The zero-order chi connectivity index (χ0) is 27.9. The first-order valence-electron chi connectivity index (χ1n) is 12.9. The summed E-state index contributed by atoms with van der Waals surface area (Å²) in [6.07, 6.45) is 2.75. The molecule has 0 aromatic heterocycles. The van der Waals surface area contributed by atoms with Crippen LogP contribution in [0.1, 0.15) is 22.3 Å². The smallest absolute Gasteiger partial charge is 0.270 e. The van der Waals surface area contributed by atoms with E-state index in [9.17, 15) is 9.59 Å². The van der Waals surface area contributed by atoms with Crippen molar-refractivity contribution in [2.24, 2.45) is 5.73 Å². The maximum absolute atomic E-state index is 13.2. The normalized spacial score (nSPS) is 16.9. The highest BCUT2D eigenvalue weighted by Gasteiger charge is 2.33. The zero-order valence-electron chi connectivity index (χ0n) is 21.8. The highest BCUT2D eigenvalue weighted by molar-refractivity contribution is 8.27. The number of primary amides is 1. The Bertz CT molecular complexity index is 1400. The van der Waals surface area contributed by atoms with Crippen LogP contribution in [0.15, 0.2) is 77.7 Å². The van der Waals surface area contributed by atoms with Crippen LogP contribution in [0, 0.1) is 0 Å². The van der Waals surface area contributed by atoms with Crippen LogP contribution >= 0.6 is 24.0 Å². The minimum Gasteiger partial charge on any atom is -0.494 e. The summed E-state index contributed by atoms with van der Waals surface area (Å²) in [5.74, 6) is 1.18. The van der Waals surface area contributed by atoms with Crippen LogP contribution in [0.4, 0.5) is 5.69 Å². The van der Waals surface area contributed by atoms with Crippen molar-refractivity contribution in [1.29, 1.82) is 0 Å². The Morgan fingerprint density at radius 2 is 1.73 bits per heavy atom. The van der Waals surface area contributed by atoms with E-state index in [1.807, 2.05) is 42.5 Å². The number of thiocarbonyl (C=S) groups is 1. The molecule has 2 N–H and O–H groups in total. The van der Waals surface area contributed by atoms with Gasteiger partial charge in [0.25, 0.3) is 5.91 Å². The number of nitrogens with two attached hydrogens (primary N) is 1. The molecule has 40 heavy (non-hydrogen) atoms. The van der Waals surface area contributed by atoms with Crippen molar-refractivity contribution in [2.45, 2.75) is 6.42 Å². The quantitative estimate of drug-likeness (QED) is 0.203. The van der Waals surface area contributed by atoms with Crippen LogP contribution in [0.5, 0.6) is 17.2 Å². The van der Waals surface area contributed by atoms with E-state index in [0.29, 0.717) is 38.6 Å². The van der Waals surface area contributed by atoms with Crippen molar-refractivity contribution in [2.75, 3.05) is 44.4 Å². The fourth-order valence-electron chi connectivity index (χ4n) is 4.32. The topological polar surface area (TPSA) is 94.3 Å². The lowest BCUT2D eigenvalue weighted by atomic mass is 10.2. The summed E-state index contributed by atoms with van der Waals surface area (Å²) in [7, 11) is 0. The number of rotatable bonds is 10. The first-order chi connectivity index (χ1) is 19.5. The Balaban J connectivity index is 1.16. The molecule has 0 spiro atoms. The molecule has 2 heterocycles. The van der Waals surface area contributed by atoms with Gasteiger partial charge < -0.3 is 19.9 Å². The Morgan fingerprint density at radius 1 is 1.00 bits per heavy atom. The van der Waals surface area contributed by atoms with Gasteiger partial charge in [0.05, 0.1) is 30.4 Å². The van der Waals surface area contributed by atoms with Gasteiger partial charge in [-0.15, -0.1) is 0 Å². The van der Waals surface area contributed by atoms with E-state index in [4.69, 9.17) is 32.2 Å². The van der Waals surface area contributed by atoms with E-state index in [0.717, 1.165) is 50.6 Å². The summed E-state index contributed by atoms with van der Waals surface area (Å²) in [5, 5.41) is 0. The van der Waals surface area contributed by atoms with Gasteiger partial charge in [0.1, 0.15) is 17.2 Å². The number of thioether (sulfide) groups is 1. The number of anilines is 1. The predicted molar refractivity (Wildman–Crippen MR) is 161 cm³/mol. The molecule has 0 bridgehead atoms. The molecule has 2 aliphatic heterocycles. The van der Waals surface area contributed by atoms with Crippen molar-refractivity contribution in [3.63, 3.8) is 0 Å². The van der Waals surface area contributed by atoms with Gasteiger partial charge in [0.15, 0.2) is 4.32 Å². The minimum absolute atomic E-state index is 0.169. The summed E-state index contributed by atoms with van der Waals surface area (Å²) < 4.78 is 17.6. The van der Waals surface area contributed by atoms with Gasteiger partial charge in [0, 0.05) is 25.2 Å². The minimum atomic E-state index is -0.516. The lowest BCUT2D eigenvalue weighted by Crippen LogP contribution is -2.37. The number of ether oxygens (including phenoxy) is 3. The fraction of sp³-hybridized carbons (Fsp3) is 0.233. The van der Waals surface area contributed by atoms with Gasteiger partial charge in [-0.25, -0.2) is 0 Å². The lowest BCUT2D eigenvalue weighted by Gasteiger charge is -2.26. The number of carbonyl (C=O) groups excluding carboxylic acids is 2. The van der Waals surface area contributed by atoms with Crippen molar-refractivity contribution >= 4 is 51.9 Å². The van der Waals surface area contributed by atoms with Crippen LogP contribution in [0.3, 0.4) is 0 Å². The van der Waals surface area contributed by atoms with Gasteiger partial charge in [-0.3, -0.25) is 19.4 Å². The van der Waals surface area contributed by atoms with Gasteiger partial charge >= 0.3 is 0 Å². The molecule has 10 heteroatoms. The number of hydrogen-bond acceptors (Lipinski definition) is 8. The summed E-state index contributed by atoms with van der Waals surface area (Å²) in [5.41, 5.74) is 7.25. The molecule has 2 saturated heterocycles. The van der Waals surface area contributed by atoms with E-state index in [1.54, 1.807) is 36.4 Å². The van der Waals surface area contributed by atoms with Crippen LogP contribution in [-0.4, -0.2) is 60.5 Å². The third-order valence-corrected chi connectivity index (χ3v) is 7.71. The van der Waals surface area contributed by atoms with Crippen molar-refractivity contribution in [1.82, 2.24) is 4.90 Å². The molecule has 0 radical (unpaired) electrons. The van der Waals surface area contributed by atoms with Crippen molar-refractivity contribution in [3.05, 3.63) is 88.8 Å². The molecule has 2 fully saturated rings. The zero-order valence-corrected chi connectivity index (χ0v) is 23.4. The second-order valence-corrected chi connectivity index (χ2v) is 10.9. The van der Waals surface area contributed by atoms with Gasteiger partial charge in [-0.05, 0) is 72.7 Å². The summed E-state index contributed by atoms with van der Waals surface area (Å²) >= 11 is 6.79. The molecular formula is C30H29N3O5S2. The van der Waals surface area contributed by atoms with Gasteiger partial charge in [-0.1, -0.05) is 42.2 Å². The Hall–Kier alpha value is -3.70. The Labute approximate surface area is 242 Å².